The second-order valence-corrected chi connectivity index (χ2v) is 6.87. The van der Waals surface area contributed by atoms with Crippen LogP contribution >= 0.6 is 0 Å². The maximum absolute atomic E-state index is 12.0. The van der Waals surface area contributed by atoms with Gasteiger partial charge in [0, 0.05) is 0 Å². The summed E-state index contributed by atoms with van der Waals surface area (Å²) in [6, 6.07) is 11.5. The van der Waals surface area contributed by atoms with Crippen molar-refractivity contribution in [1.82, 2.24) is 0 Å². The molecule has 1 heterocycles. The van der Waals surface area contributed by atoms with E-state index in [-0.39, 0.29) is 5.97 Å². The first-order valence-electron chi connectivity index (χ1n) is 7.72. The fourth-order valence-electron chi connectivity index (χ4n) is 2.70. The van der Waals surface area contributed by atoms with Crippen LogP contribution in [0.2, 0.25) is 0 Å². The maximum atomic E-state index is 12.0. The third kappa shape index (κ3) is 2.64. The summed E-state index contributed by atoms with van der Waals surface area (Å²) < 4.78 is 17.0. The van der Waals surface area contributed by atoms with Crippen molar-refractivity contribution in [3.05, 3.63) is 42.0 Å². The first kappa shape index (κ1) is 16.0. The Morgan fingerprint density at radius 3 is 2.30 bits per heavy atom. The molecule has 5 heteroatoms. The second-order valence-electron chi connectivity index (χ2n) is 6.87. The van der Waals surface area contributed by atoms with Crippen molar-refractivity contribution in [2.45, 2.75) is 38.9 Å². The Kier molecular flexibility index (Phi) is 3.73. The number of ether oxygens (including phenoxy) is 1. The molecule has 1 aliphatic heterocycles. The van der Waals surface area contributed by atoms with Gasteiger partial charge >= 0.3 is 13.1 Å². The summed E-state index contributed by atoms with van der Waals surface area (Å²) in [5.74, 6) is -0.346. The minimum atomic E-state index is -0.449. The number of hydrogen-bond acceptors (Lipinski definition) is 4. The Morgan fingerprint density at radius 1 is 1.04 bits per heavy atom. The van der Waals surface area contributed by atoms with Crippen LogP contribution in [0.4, 0.5) is 0 Å². The minimum Gasteiger partial charge on any atom is -0.465 e. The summed E-state index contributed by atoms with van der Waals surface area (Å²) in [5, 5.41) is 1.82. The Labute approximate surface area is 136 Å². The van der Waals surface area contributed by atoms with Crippen molar-refractivity contribution in [1.29, 1.82) is 0 Å². The molecule has 0 amide bonds. The number of fused-ring (bicyclic) bond motifs is 1. The van der Waals surface area contributed by atoms with Gasteiger partial charge in [0.15, 0.2) is 0 Å². The van der Waals surface area contributed by atoms with Crippen LogP contribution in [0.5, 0.6) is 0 Å². The first-order valence-corrected chi connectivity index (χ1v) is 7.72. The molecule has 0 unspecified atom stereocenters. The Balaban J connectivity index is 2.06. The lowest BCUT2D eigenvalue weighted by Crippen LogP contribution is -2.41. The second kappa shape index (κ2) is 5.36. The number of hydrogen-bond donors (Lipinski definition) is 0. The lowest BCUT2D eigenvalue weighted by atomic mass is 9.78. The zero-order valence-electron chi connectivity index (χ0n) is 14.2. The van der Waals surface area contributed by atoms with Gasteiger partial charge in [0.25, 0.3) is 0 Å². The highest BCUT2D eigenvalue weighted by Gasteiger charge is 2.51. The normalized spacial score (nSPS) is 19.1. The Morgan fingerprint density at radius 2 is 1.70 bits per heavy atom. The van der Waals surface area contributed by atoms with Crippen LogP contribution in [0.3, 0.4) is 0 Å². The lowest BCUT2D eigenvalue weighted by Gasteiger charge is -2.32. The Hall–Kier alpha value is -1.85. The third-order valence-electron chi connectivity index (χ3n) is 4.84. The van der Waals surface area contributed by atoms with E-state index in [9.17, 15) is 4.79 Å². The van der Waals surface area contributed by atoms with E-state index in [1.807, 2.05) is 58.0 Å². The van der Waals surface area contributed by atoms with Crippen LogP contribution in [-0.2, 0) is 14.0 Å². The number of carbonyl (C=O) groups is 1. The van der Waals surface area contributed by atoms with E-state index >= 15 is 0 Å². The molecule has 4 nitrogen and oxygen atoms in total. The molecule has 23 heavy (non-hydrogen) atoms. The molecular weight excluding hydrogens is 291 g/mol. The highest BCUT2D eigenvalue weighted by atomic mass is 16.7. The van der Waals surface area contributed by atoms with E-state index in [1.165, 1.54) is 7.11 Å². The van der Waals surface area contributed by atoms with E-state index in [1.54, 1.807) is 6.07 Å². The zero-order chi connectivity index (χ0) is 16.8. The minimum absolute atomic E-state index is 0.346. The number of rotatable bonds is 2. The number of benzene rings is 2. The summed E-state index contributed by atoms with van der Waals surface area (Å²) >= 11 is 0. The molecule has 0 saturated carbocycles. The van der Waals surface area contributed by atoms with Crippen LogP contribution in [-0.4, -0.2) is 31.4 Å². The molecule has 1 saturated heterocycles. The van der Waals surface area contributed by atoms with Crippen LogP contribution < -0.4 is 5.46 Å². The van der Waals surface area contributed by atoms with Crippen molar-refractivity contribution in [2.24, 2.45) is 0 Å². The van der Waals surface area contributed by atoms with Gasteiger partial charge in [0.1, 0.15) is 0 Å². The van der Waals surface area contributed by atoms with Crippen LogP contribution in [0.15, 0.2) is 36.4 Å². The quantitative estimate of drug-likeness (QED) is 0.632. The van der Waals surface area contributed by atoms with Gasteiger partial charge in [-0.15, -0.1) is 0 Å². The van der Waals surface area contributed by atoms with Crippen molar-refractivity contribution in [3.63, 3.8) is 0 Å². The molecule has 0 aliphatic carbocycles. The van der Waals surface area contributed by atoms with E-state index in [0.717, 1.165) is 16.2 Å². The molecule has 0 atom stereocenters. The van der Waals surface area contributed by atoms with Crippen molar-refractivity contribution in [2.75, 3.05) is 7.11 Å². The molecule has 0 N–H and O–H groups in total. The highest BCUT2D eigenvalue weighted by molar-refractivity contribution is 6.62. The van der Waals surface area contributed by atoms with E-state index in [2.05, 4.69) is 0 Å². The molecule has 1 fully saturated rings. The van der Waals surface area contributed by atoms with Crippen molar-refractivity contribution < 1.29 is 18.8 Å². The molecule has 3 rings (SSSR count). The zero-order valence-corrected chi connectivity index (χ0v) is 14.2. The van der Waals surface area contributed by atoms with Gasteiger partial charge in [0.05, 0.1) is 23.9 Å². The van der Waals surface area contributed by atoms with Gasteiger partial charge in [0.2, 0.25) is 0 Å². The summed E-state index contributed by atoms with van der Waals surface area (Å²) in [7, 11) is 0.939. The maximum Gasteiger partial charge on any atom is 0.494 e. The lowest BCUT2D eigenvalue weighted by molar-refractivity contribution is 0.00578. The standard InChI is InChI=1S/C18H21BO4/c1-17(2)18(3,4)23-19(22-17)13-10-9-12-7-6-8-14(15(12)11-13)16(20)21-5/h6-11H,1-5H3. The summed E-state index contributed by atoms with van der Waals surface area (Å²) in [5.41, 5.74) is 0.652. The molecule has 120 valence electrons. The molecular formula is C18H21BO4. The fraction of sp³-hybridized carbons (Fsp3) is 0.389. The topological polar surface area (TPSA) is 44.8 Å². The van der Waals surface area contributed by atoms with Gasteiger partial charge in [-0.1, -0.05) is 30.3 Å². The van der Waals surface area contributed by atoms with Crippen molar-refractivity contribution in [3.8, 4) is 0 Å². The SMILES string of the molecule is COC(=O)c1cccc2ccc(B3OC(C)(C)C(C)(C)O3)cc12. The predicted molar refractivity (Wildman–Crippen MR) is 91.0 cm³/mol. The predicted octanol–water partition coefficient (Wildman–Crippen LogP) is 2.93. The molecule has 0 bridgehead atoms. The third-order valence-corrected chi connectivity index (χ3v) is 4.84. The molecule has 0 radical (unpaired) electrons. The molecule has 0 spiro atoms. The van der Waals surface area contributed by atoms with E-state index in [4.69, 9.17) is 14.0 Å². The Bertz CT molecular complexity index is 751. The van der Waals surface area contributed by atoms with Gasteiger partial charge < -0.3 is 14.0 Å². The monoisotopic (exact) mass is 312 g/mol. The number of methoxy groups -OCH3 is 1. The molecule has 2 aromatic carbocycles. The fourth-order valence-corrected chi connectivity index (χ4v) is 2.70. The van der Waals surface area contributed by atoms with Gasteiger partial charge in [-0.2, -0.15) is 0 Å². The smallest absolute Gasteiger partial charge is 0.465 e. The van der Waals surface area contributed by atoms with Crippen molar-refractivity contribution >= 4 is 29.3 Å². The average Bonchev–Trinajstić information content (AvgIpc) is 2.73. The summed E-state index contributed by atoms with van der Waals surface area (Å²) in [6.07, 6.45) is 0. The molecule has 0 aromatic heterocycles. The number of esters is 1. The highest BCUT2D eigenvalue weighted by Crippen LogP contribution is 2.36. The van der Waals surface area contributed by atoms with Crippen LogP contribution in [0, 0.1) is 0 Å². The molecule has 2 aromatic rings. The summed E-state index contributed by atoms with van der Waals surface area (Å²) in [6.45, 7) is 8.09. The van der Waals surface area contributed by atoms with Gasteiger partial charge in [-0.25, -0.2) is 4.79 Å². The van der Waals surface area contributed by atoms with E-state index < -0.39 is 18.3 Å². The van der Waals surface area contributed by atoms with Gasteiger partial charge in [-0.3, -0.25) is 0 Å². The largest absolute Gasteiger partial charge is 0.494 e. The average molecular weight is 312 g/mol. The van der Waals surface area contributed by atoms with Crippen LogP contribution in [0.25, 0.3) is 10.8 Å². The van der Waals surface area contributed by atoms with Crippen LogP contribution in [0.1, 0.15) is 38.1 Å². The number of carbonyl (C=O) groups excluding carboxylic acids is 1. The first-order chi connectivity index (χ1) is 10.7. The van der Waals surface area contributed by atoms with Gasteiger partial charge in [-0.05, 0) is 50.0 Å². The summed E-state index contributed by atoms with van der Waals surface area (Å²) in [4.78, 5) is 12.0. The van der Waals surface area contributed by atoms with E-state index in [0.29, 0.717) is 5.56 Å². The molecule has 1 aliphatic rings.